The van der Waals surface area contributed by atoms with Crippen molar-refractivity contribution in [1.29, 1.82) is 0 Å². The Bertz CT molecular complexity index is 503. The highest BCUT2D eigenvalue weighted by atomic mass is 16.6. The van der Waals surface area contributed by atoms with Crippen molar-refractivity contribution in [2.75, 3.05) is 0 Å². The first-order chi connectivity index (χ1) is 9.93. The molecule has 0 bridgehead atoms. The lowest BCUT2D eigenvalue weighted by molar-refractivity contribution is -0.142. The van der Waals surface area contributed by atoms with Crippen molar-refractivity contribution in [3.05, 3.63) is 30.3 Å². The van der Waals surface area contributed by atoms with Crippen molar-refractivity contribution in [1.82, 2.24) is 5.32 Å². The molecule has 2 atom stereocenters. The molecule has 4 N–H and O–H groups in total. The van der Waals surface area contributed by atoms with E-state index in [1.54, 1.807) is 37.3 Å². The molecule has 0 heterocycles. The number of carboxylic acid groups (broad SMARTS) is 1. The van der Waals surface area contributed by atoms with E-state index in [2.05, 4.69) is 5.32 Å². The van der Waals surface area contributed by atoms with Crippen LogP contribution in [0.25, 0.3) is 0 Å². The lowest BCUT2D eigenvalue weighted by atomic mass is 9.97. The van der Waals surface area contributed by atoms with Crippen molar-refractivity contribution >= 4 is 18.0 Å². The van der Waals surface area contributed by atoms with Gasteiger partial charge in [-0.15, -0.1) is 0 Å². The van der Waals surface area contributed by atoms with Gasteiger partial charge in [-0.1, -0.05) is 25.1 Å². The number of nitrogens with two attached hydrogens (primary N) is 1. The van der Waals surface area contributed by atoms with Crippen molar-refractivity contribution < 1.29 is 24.2 Å². The van der Waals surface area contributed by atoms with Gasteiger partial charge in [-0.2, -0.15) is 0 Å². The molecule has 0 spiro atoms. The molecular formula is C14H18N2O5. The van der Waals surface area contributed by atoms with Crippen molar-refractivity contribution in [2.24, 2.45) is 11.7 Å². The Balaban J connectivity index is 2.63. The molecule has 0 radical (unpaired) electrons. The molecule has 0 fully saturated rings. The van der Waals surface area contributed by atoms with Gasteiger partial charge in [-0.05, 0) is 25.0 Å². The van der Waals surface area contributed by atoms with Gasteiger partial charge in [0, 0.05) is 0 Å². The van der Waals surface area contributed by atoms with E-state index >= 15 is 0 Å². The fourth-order valence-electron chi connectivity index (χ4n) is 1.74. The van der Waals surface area contributed by atoms with Crippen LogP contribution in [0.3, 0.4) is 0 Å². The minimum Gasteiger partial charge on any atom is -0.481 e. The Hall–Kier alpha value is -2.57. The van der Waals surface area contributed by atoms with Crippen LogP contribution in [-0.2, 0) is 9.59 Å². The maximum Gasteiger partial charge on any atom is 0.413 e. The topological polar surface area (TPSA) is 119 Å². The molecule has 21 heavy (non-hydrogen) atoms. The number of hydrogen-bond donors (Lipinski definition) is 3. The summed E-state index contributed by atoms with van der Waals surface area (Å²) in [5, 5.41) is 11.3. The second kappa shape index (κ2) is 7.88. The first-order valence-electron chi connectivity index (χ1n) is 6.49. The quantitative estimate of drug-likeness (QED) is 0.696. The van der Waals surface area contributed by atoms with Crippen LogP contribution in [0.15, 0.2) is 30.3 Å². The highest BCUT2D eigenvalue weighted by molar-refractivity contribution is 5.85. The monoisotopic (exact) mass is 294 g/mol. The van der Waals surface area contributed by atoms with Gasteiger partial charge in [0.2, 0.25) is 5.91 Å². The van der Waals surface area contributed by atoms with E-state index in [0.717, 1.165) is 0 Å². The first kappa shape index (κ1) is 16.5. The molecule has 114 valence electrons. The zero-order chi connectivity index (χ0) is 15.8. The van der Waals surface area contributed by atoms with Crippen LogP contribution >= 0.6 is 0 Å². The maximum atomic E-state index is 11.7. The van der Waals surface area contributed by atoms with Crippen LogP contribution in [0.2, 0.25) is 0 Å². The average molecular weight is 294 g/mol. The number of nitrogens with one attached hydrogen (secondary N) is 1. The minimum absolute atomic E-state index is 0.0783. The molecule has 2 unspecified atom stereocenters. The number of rotatable bonds is 7. The fraction of sp³-hybridized carbons (Fsp3) is 0.357. The van der Waals surface area contributed by atoms with Crippen LogP contribution in [-0.4, -0.2) is 29.1 Å². The number of aliphatic carboxylic acids is 1. The van der Waals surface area contributed by atoms with Crippen molar-refractivity contribution in [3.63, 3.8) is 0 Å². The molecule has 0 saturated heterocycles. The SMILES string of the molecule is CCC(CC(NC(=O)Oc1ccccc1)C(N)=O)C(=O)O. The zero-order valence-corrected chi connectivity index (χ0v) is 11.6. The molecule has 2 amide bonds. The summed E-state index contributed by atoms with van der Waals surface area (Å²) < 4.78 is 4.97. The zero-order valence-electron chi connectivity index (χ0n) is 11.6. The Labute approximate surface area is 122 Å². The summed E-state index contributed by atoms with van der Waals surface area (Å²) in [6.07, 6.45) is -0.607. The molecule has 0 aliphatic rings. The van der Waals surface area contributed by atoms with Crippen LogP contribution in [0.1, 0.15) is 19.8 Å². The molecule has 0 saturated carbocycles. The lowest BCUT2D eigenvalue weighted by Crippen LogP contribution is -2.47. The van der Waals surface area contributed by atoms with E-state index in [0.29, 0.717) is 12.2 Å². The van der Waals surface area contributed by atoms with E-state index in [-0.39, 0.29) is 6.42 Å². The molecule has 1 aromatic carbocycles. The number of para-hydroxylation sites is 1. The van der Waals surface area contributed by atoms with Crippen LogP contribution in [0, 0.1) is 5.92 Å². The van der Waals surface area contributed by atoms with E-state index in [1.165, 1.54) is 0 Å². The number of carbonyl (C=O) groups is 3. The normalized spacial score (nSPS) is 13.0. The van der Waals surface area contributed by atoms with Gasteiger partial charge in [0.1, 0.15) is 11.8 Å². The Morgan fingerprint density at radius 2 is 1.90 bits per heavy atom. The number of carbonyl (C=O) groups excluding carboxylic acids is 2. The van der Waals surface area contributed by atoms with Gasteiger partial charge in [-0.3, -0.25) is 9.59 Å². The van der Waals surface area contributed by atoms with Gasteiger partial charge in [0.05, 0.1) is 5.92 Å². The van der Waals surface area contributed by atoms with Gasteiger partial charge in [0.15, 0.2) is 0 Å². The predicted molar refractivity (Wildman–Crippen MR) is 74.6 cm³/mol. The molecule has 0 aromatic heterocycles. The highest BCUT2D eigenvalue weighted by Gasteiger charge is 2.26. The number of carboxylic acids is 1. The van der Waals surface area contributed by atoms with E-state index in [4.69, 9.17) is 15.6 Å². The smallest absolute Gasteiger partial charge is 0.413 e. The van der Waals surface area contributed by atoms with Crippen LogP contribution < -0.4 is 15.8 Å². The third-order valence-electron chi connectivity index (χ3n) is 2.95. The number of amides is 2. The third-order valence-corrected chi connectivity index (χ3v) is 2.95. The van der Waals surface area contributed by atoms with Crippen molar-refractivity contribution in [3.8, 4) is 5.75 Å². The Morgan fingerprint density at radius 3 is 2.38 bits per heavy atom. The molecule has 7 nitrogen and oxygen atoms in total. The fourth-order valence-corrected chi connectivity index (χ4v) is 1.74. The van der Waals surface area contributed by atoms with Crippen molar-refractivity contribution in [2.45, 2.75) is 25.8 Å². The molecule has 0 aliphatic carbocycles. The predicted octanol–water partition coefficient (Wildman–Crippen LogP) is 1.13. The molecular weight excluding hydrogens is 276 g/mol. The first-order valence-corrected chi connectivity index (χ1v) is 6.49. The number of benzene rings is 1. The number of hydrogen-bond acceptors (Lipinski definition) is 4. The summed E-state index contributed by atoms with van der Waals surface area (Å²) in [6.45, 7) is 1.68. The van der Waals surface area contributed by atoms with Gasteiger partial charge < -0.3 is 20.9 Å². The number of ether oxygens (including phenoxy) is 1. The average Bonchev–Trinajstić information content (AvgIpc) is 2.43. The second-order valence-corrected chi connectivity index (χ2v) is 4.48. The minimum atomic E-state index is -1.10. The summed E-state index contributed by atoms with van der Waals surface area (Å²) in [7, 11) is 0. The lowest BCUT2D eigenvalue weighted by Gasteiger charge is -2.18. The Morgan fingerprint density at radius 1 is 1.29 bits per heavy atom. The Kier molecular flexibility index (Phi) is 6.19. The summed E-state index contributed by atoms with van der Waals surface area (Å²) in [5.41, 5.74) is 5.18. The third kappa shape index (κ3) is 5.52. The number of primary amides is 1. The molecule has 1 aromatic rings. The largest absolute Gasteiger partial charge is 0.481 e. The van der Waals surface area contributed by atoms with Gasteiger partial charge in [0.25, 0.3) is 0 Å². The summed E-state index contributed by atoms with van der Waals surface area (Å²) in [4.78, 5) is 34.0. The summed E-state index contributed by atoms with van der Waals surface area (Å²) in [5.74, 6) is -2.30. The van der Waals surface area contributed by atoms with Crippen LogP contribution in [0.4, 0.5) is 4.79 Å². The summed E-state index contributed by atoms with van der Waals surface area (Å²) >= 11 is 0. The highest BCUT2D eigenvalue weighted by Crippen LogP contribution is 2.13. The van der Waals surface area contributed by atoms with E-state index < -0.39 is 29.9 Å². The second-order valence-electron chi connectivity index (χ2n) is 4.48. The maximum absolute atomic E-state index is 11.7. The standard InChI is InChI=1S/C14H18N2O5/c1-2-9(13(18)19)8-11(12(15)17)16-14(20)21-10-6-4-3-5-7-10/h3-7,9,11H,2,8H2,1H3,(H2,15,17)(H,16,20)(H,18,19). The summed E-state index contributed by atoms with van der Waals surface area (Å²) in [6, 6.07) is 7.19. The molecule has 1 rings (SSSR count). The van der Waals surface area contributed by atoms with Gasteiger partial charge >= 0.3 is 12.1 Å². The molecule has 7 heteroatoms. The van der Waals surface area contributed by atoms with Crippen LogP contribution in [0.5, 0.6) is 5.75 Å². The molecule has 0 aliphatic heterocycles. The van der Waals surface area contributed by atoms with Gasteiger partial charge in [-0.25, -0.2) is 4.79 Å². The van der Waals surface area contributed by atoms with E-state index in [9.17, 15) is 14.4 Å². The van der Waals surface area contributed by atoms with E-state index in [1.807, 2.05) is 0 Å².